The van der Waals surface area contributed by atoms with Gasteiger partial charge in [0, 0.05) is 11.6 Å². The number of benzene rings is 3. The van der Waals surface area contributed by atoms with E-state index >= 15 is 0 Å². The van der Waals surface area contributed by atoms with Crippen LogP contribution in [0, 0.1) is 12.8 Å². The maximum absolute atomic E-state index is 13.3. The number of likely N-dealkylation sites (tertiary alicyclic amines) is 1. The molecule has 1 N–H and O–H groups in total. The zero-order valence-electron chi connectivity index (χ0n) is 21.7. The van der Waals surface area contributed by atoms with Gasteiger partial charge in [0.15, 0.2) is 0 Å². The molecule has 1 aliphatic heterocycles. The maximum atomic E-state index is 13.3. The summed E-state index contributed by atoms with van der Waals surface area (Å²) in [5.41, 5.74) is 2.84. The van der Waals surface area contributed by atoms with Crippen molar-refractivity contribution in [3.8, 4) is 11.3 Å². The molecule has 2 heterocycles. The number of aromatic nitrogens is 2. The minimum Gasteiger partial charge on any atom is -0.444 e. The molecule has 5 heteroatoms. The predicted molar refractivity (Wildman–Crippen MR) is 145 cm³/mol. The number of rotatable bonds is 2. The first-order chi connectivity index (χ1) is 17.2. The van der Waals surface area contributed by atoms with E-state index in [0.717, 1.165) is 29.9 Å². The van der Waals surface area contributed by atoms with Crippen molar-refractivity contribution < 1.29 is 9.53 Å². The Hall–Kier alpha value is -3.34. The summed E-state index contributed by atoms with van der Waals surface area (Å²) >= 11 is 0. The number of imidazole rings is 1. The predicted octanol–water partition coefficient (Wildman–Crippen LogP) is 7.93. The highest BCUT2D eigenvalue weighted by molar-refractivity contribution is 5.99. The van der Waals surface area contributed by atoms with E-state index in [-0.39, 0.29) is 18.2 Å². The standard InChI is InChI=1S/C31H35N3O2/c1-19-9-10-20-15-25-16-22(12-11-21(25)14-24(20)13-19)26-18-32-29(33-26)28-17-23-7-5-6-8-27(23)34(28)30(35)36-31(2,3)4/h9-16,18,23,27-28H,5-8,17H2,1-4H3,(H,32,33)/t23-,27-,28-/m0/s1. The van der Waals surface area contributed by atoms with Crippen molar-refractivity contribution in [2.24, 2.45) is 5.92 Å². The van der Waals surface area contributed by atoms with E-state index in [1.54, 1.807) is 0 Å². The van der Waals surface area contributed by atoms with Gasteiger partial charge in [-0.25, -0.2) is 9.78 Å². The molecule has 5 nitrogen and oxygen atoms in total. The molecule has 0 unspecified atom stereocenters. The Morgan fingerprint density at radius 3 is 2.47 bits per heavy atom. The molecule has 36 heavy (non-hydrogen) atoms. The number of aromatic amines is 1. The van der Waals surface area contributed by atoms with Gasteiger partial charge in [-0.05, 0) is 92.6 Å². The van der Waals surface area contributed by atoms with Gasteiger partial charge in [0.1, 0.15) is 11.4 Å². The van der Waals surface area contributed by atoms with Gasteiger partial charge in [0.25, 0.3) is 0 Å². The van der Waals surface area contributed by atoms with Gasteiger partial charge >= 0.3 is 6.09 Å². The first-order valence-corrected chi connectivity index (χ1v) is 13.3. The fourth-order valence-corrected chi connectivity index (χ4v) is 6.22. The zero-order valence-corrected chi connectivity index (χ0v) is 21.7. The number of hydrogen-bond acceptors (Lipinski definition) is 3. The normalized spacial score (nSPS) is 22.2. The van der Waals surface area contributed by atoms with Crippen LogP contribution in [0.4, 0.5) is 4.79 Å². The number of aryl methyl sites for hydroxylation is 1. The number of hydrogen-bond donors (Lipinski definition) is 1. The topological polar surface area (TPSA) is 58.2 Å². The van der Waals surface area contributed by atoms with Crippen molar-refractivity contribution in [1.82, 2.24) is 14.9 Å². The SMILES string of the molecule is Cc1ccc2cc3cc(-c4cnc([C@@H]5C[C@@H]6CCCC[C@@H]6N5C(=O)OC(C)(C)C)[nH]4)ccc3cc2c1. The second-order valence-corrected chi connectivity index (χ2v) is 11.7. The molecule has 1 saturated carbocycles. The van der Waals surface area contributed by atoms with Gasteiger partial charge in [-0.1, -0.05) is 48.7 Å². The van der Waals surface area contributed by atoms with Crippen molar-refractivity contribution in [3.63, 3.8) is 0 Å². The van der Waals surface area contributed by atoms with E-state index in [1.165, 1.54) is 46.4 Å². The quantitative estimate of drug-likeness (QED) is 0.296. The molecule has 2 fully saturated rings. The van der Waals surface area contributed by atoms with E-state index in [1.807, 2.05) is 31.9 Å². The number of carbonyl (C=O) groups is 1. The summed E-state index contributed by atoms with van der Waals surface area (Å²) in [6, 6.07) is 17.8. The first kappa shape index (κ1) is 23.1. The van der Waals surface area contributed by atoms with Gasteiger partial charge in [-0.15, -0.1) is 0 Å². The summed E-state index contributed by atoms with van der Waals surface area (Å²) in [4.78, 5) is 23.7. The minimum absolute atomic E-state index is 0.0747. The Labute approximate surface area is 212 Å². The summed E-state index contributed by atoms with van der Waals surface area (Å²) in [5.74, 6) is 1.38. The Bertz CT molecular complexity index is 1450. The molecule has 0 spiro atoms. The highest BCUT2D eigenvalue weighted by Gasteiger charge is 2.47. The van der Waals surface area contributed by atoms with E-state index in [2.05, 4.69) is 60.4 Å². The van der Waals surface area contributed by atoms with E-state index in [9.17, 15) is 4.79 Å². The molecule has 3 aromatic carbocycles. The Morgan fingerprint density at radius 1 is 0.972 bits per heavy atom. The molecule has 3 atom stereocenters. The molecule has 4 aromatic rings. The van der Waals surface area contributed by atoms with Crippen LogP contribution in [0.25, 0.3) is 32.8 Å². The van der Waals surface area contributed by atoms with Crippen molar-refractivity contribution in [2.45, 2.75) is 77.5 Å². The molecule has 1 saturated heterocycles. The van der Waals surface area contributed by atoms with Crippen molar-refractivity contribution in [3.05, 3.63) is 66.1 Å². The van der Waals surface area contributed by atoms with E-state index < -0.39 is 5.60 Å². The van der Waals surface area contributed by atoms with Crippen molar-refractivity contribution in [2.75, 3.05) is 0 Å². The molecular formula is C31H35N3O2. The summed E-state index contributed by atoms with van der Waals surface area (Å²) in [7, 11) is 0. The third-order valence-corrected chi connectivity index (χ3v) is 7.87. The molecule has 0 bridgehead atoms. The average Bonchev–Trinajstić information content (AvgIpc) is 3.46. The maximum Gasteiger partial charge on any atom is 0.411 e. The largest absolute Gasteiger partial charge is 0.444 e. The summed E-state index contributed by atoms with van der Waals surface area (Å²) in [5, 5.41) is 4.95. The first-order valence-electron chi connectivity index (χ1n) is 13.3. The smallest absolute Gasteiger partial charge is 0.411 e. The molecule has 1 amide bonds. The third kappa shape index (κ3) is 4.25. The van der Waals surface area contributed by atoms with Crippen molar-refractivity contribution in [1.29, 1.82) is 0 Å². The summed E-state index contributed by atoms with van der Waals surface area (Å²) < 4.78 is 5.85. The van der Waals surface area contributed by atoms with Gasteiger partial charge in [0.2, 0.25) is 0 Å². The number of amides is 1. The van der Waals surface area contributed by atoms with Crippen LogP contribution < -0.4 is 0 Å². The fraction of sp³-hybridized carbons (Fsp3) is 0.419. The van der Waals surface area contributed by atoms with Crippen LogP contribution in [-0.4, -0.2) is 32.6 Å². The van der Waals surface area contributed by atoms with Crippen LogP contribution >= 0.6 is 0 Å². The average molecular weight is 482 g/mol. The van der Waals surface area contributed by atoms with Crippen LogP contribution in [0.5, 0.6) is 0 Å². The molecule has 2 aliphatic rings. The molecule has 0 radical (unpaired) electrons. The summed E-state index contributed by atoms with van der Waals surface area (Å²) in [6.07, 6.45) is 7.27. The molecule has 186 valence electrons. The Balaban J connectivity index is 1.33. The number of fused-ring (bicyclic) bond motifs is 3. The monoisotopic (exact) mass is 481 g/mol. The summed E-state index contributed by atoms with van der Waals surface area (Å²) in [6.45, 7) is 7.93. The van der Waals surface area contributed by atoms with Gasteiger partial charge in [-0.3, -0.25) is 4.90 Å². The molecule has 1 aliphatic carbocycles. The Kier molecular flexibility index (Phi) is 5.55. The second kappa shape index (κ2) is 8.65. The van der Waals surface area contributed by atoms with Crippen molar-refractivity contribution >= 4 is 27.6 Å². The number of H-pyrrole nitrogens is 1. The fourth-order valence-electron chi connectivity index (χ4n) is 6.22. The minimum atomic E-state index is -0.517. The number of nitrogens with one attached hydrogen (secondary N) is 1. The molecule has 1 aromatic heterocycles. The van der Waals surface area contributed by atoms with Crippen LogP contribution in [0.1, 0.15) is 70.3 Å². The van der Waals surface area contributed by atoms with E-state index in [4.69, 9.17) is 9.72 Å². The molecular weight excluding hydrogens is 446 g/mol. The Morgan fingerprint density at radius 2 is 1.69 bits per heavy atom. The van der Waals surface area contributed by atoms with Gasteiger partial charge < -0.3 is 9.72 Å². The highest BCUT2D eigenvalue weighted by atomic mass is 16.6. The van der Waals surface area contributed by atoms with Crippen LogP contribution in [0.15, 0.2) is 54.7 Å². The number of ether oxygens (including phenoxy) is 1. The lowest BCUT2D eigenvalue weighted by Crippen LogP contribution is -2.43. The third-order valence-electron chi connectivity index (χ3n) is 7.87. The second-order valence-electron chi connectivity index (χ2n) is 11.7. The van der Waals surface area contributed by atoms with Gasteiger partial charge in [0.05, 0.1) is 17.9 Å². The van der Waals surface area contributed by atoms with Crippen LogP contribution in [-0.2, 0) is 4.74 Å². The number of nitrogens with zero attached hydrogens (tertiary/aromatic N) is 2. The van der Waals surface area contributed by atoms with Crippen LogP contribution in [0.3, 0.4) is 0 Å². The van der Waals surface area contributed by atoms with E-state index in [0.29, 0.717) is 5.92 Å². The van der Waals surface area contributed by atoms with Gasteiger partial charge in [-0.2, -0.15) is 0 Å². The lowest BCUT2D eigenvalue weighted by Gasteiger charge is -2.34. The number of carbonyl (C=O) groups excluding carboxylic acids is 1. The highest BCUT2D eigenvalue weighted by Crippen LogP contribution is 2.46. The van der Waals surface area contributed by atoms with Crippen LogP contribution in [0.2, 0.25) is 0 Å². The molecule has 6 rings (SSSR count). The zero-order chi connectivity index (χ0) is 25.0. The lowest BCUT2D eigenvalue weighted by molar-refractivity contribution is 0.00951. The lowest BCUT2D eigenvalue weighted by atomic mass is 9.85.